The van der Waals surface area contributed by atoms with E-state index in [1.165, 1.54) is 0 Å². The van der Waals surface area contributed by atoms with Gasteiger partial charge >= 0.3 is 0 Å². The SMILES string of the molecule is CC1CC1C(=O)Nc1ccc(C(=O)NC(C)(CN)C2CC2)cc1.Cl. The minimum absolute atomic E-state index is 0. The first-order valence-corrected chi connectivity index (χ1v) is 8.36. The van der Waals surface area contributed by atoms with Crippen LogP contribution in [0, 0.1) is 17.8 Å². The fourth-order valence-corrected chi connectivity index (χ4v) is 3.00. The number of rotatable bonds is 6. The number of benzene rings is 1. The summed E-state index contributed by atoms with van der Waals surface area (Å²) in [6.07, 6.45) is 3.21. The molecule has 0 heterocycles. The van der Waals surface area contributed by atoms with Crippen molar-refractivity contribution in [3.05, 3.63) is 29.8 Å². The Balaban J connectivity index is 0.00000208. The molecule has 3 rings (SSSR count). The molecule has 1 aromatic carbocycles. The van der Waals surface area contributed by atoms with Crippen LogP contribution in [0.1, 0.15) is 43.5 Å². The molecule has 24 heavy (non-hydrogen) atoms. The average molecular weight is 352 g/mol. The lowest BCUT2D eigenvalue weighted by molar-refractivity contribution is -0.117. The normalized spacial score (nSPS) is 24.3. The van der Waals surface area contributed by atoms with E-state index in [2.05, 4.69) is 17.6 Å². The van der Waals surface area contributed by atoms with Gasteiger partial charge in [-0.15, -0.1) is 12.4 Å². The Morgan fingerprint density at radius 1 is 1.25 bits per heavy atom. The maximum absolute atomic E-state index is 12.4. The highest BCUT2D eigenvalue weighted by Gasteiger charge is 2.41. The first-order valence-electron chi connectivity index (χ1n) is 8.36. The number of hydrogen-bond donors (Lipinski definition) is 3. The van der Waals surface area contributed by atoms with E-state index >= 15 is 0 Å². The molecule has 5 nitrogen and oxygen atoms in total. The summed E-state index contributed by atoms with van der Waals surface area (Å²) < 4.78 is 0. The summed E-state index contributed by atoms with van der Waals surface area (Å²) in [7, 11) is 0. The second kappa shape index (κ2) is 7.11. The maximum atomic E-state index is 12.4. The molecule has 1 aromatic rings. The zero-order chi connectivity index (χ0) is 16.6. The molecule has 3 atom stereocenters. The van der Waals surface area contributed by atoms with Crippen molar-refractivity contribution in [3.8, 4) is 0 Å². The summed E-state index contributed by atoms with van der Waals surface area (Å²) in [5.74, 6) is 1.06. The lowest BCUT2D eigenvalue weighted by Gasteiger charge is -2.29. The van der Waals surface area contributed by atoms with E-state index in [9.17, 15) is 9.59 Å². The highest BCUT2D eigenvalue weighted by molar-refractivity contribution is 5.97. The quantitative estimate of drug-likeness (QED) is 0.736. The van der Waals surface area contributed by atoms with Crippen LogP contribution < -0.4 is 16.4 Å². The van der Waals surface area contributed by atoms with Gasteiger partial charge in [-0.2, -0.15) is 0 Å². The Labute approximate surface area is 149 Å². The molecule has 132 valence electrons. The van der Waals surface area contributed by atoms with Gasteiger partial charge in [-0.25, -0.2) is 0 Å². The van der Waals surface area contributed by atoms with Crippen molar-refractivity contribution in [3.63, 3.8) is 0 Å². The van der Waals surface area contributed by atoms with Crippen molar-refractivity contribution in [1.29, 1.82) is 0 Å². The standard InChI is InChI=1S/C18H25N3O2.ClH/c1-11-9-15(11)17(23)20-14-7-3-12(4-8-14)16(22)21-18(2,10-19)13-5-6-13;/h3-4,7-8,11,13,15H,5-6,9-10,19H2,1-2H3,(H,20,23)(H,21,22);1H. The predicted molar refractivity (Wildman–Crippen MR) is 97.2 cm³/mol. The van der Waals surface area contributed by atoms with Crippen molar-refractivity contribution in [1.82, 2.24) is 5.32 Å². The van der Waals surface area contributed by atoms with Crippen LogP contribution in [-0.2, 0) is 4.79 Å². The second-order valence-electron chi connectivity index (χ2n) is 7.24. The van der Waals surface area contributed by atoms with Crippen molar-refractivity contribution >= 4 is 29.9 Å². The number of nitrogens with two attached hydrogens (primary N) is 1. The molecule has 2 fully saturated rings. The Hall–Kier alpha value is -1.59. The second-order valence-corrected chi connectivity index (χ2v) is 7.24. The molecule has 3 unspecified atom stereocenters. The van der Waals surface area contributed by atoms with Crippen LogP contribution in [0.3, 0.4) is 0 Å². The van der Waals surface area contributed by atoms with Crippen LogP contribution in [0.2, 0.25) is 0 Å². The van der Waals surface area contributed by atoms with E-state index in [0.717, 1.165) is 24.9 Å². The Morgan fingerprint density at radius 2 is 1.83 bits per heavy atom. The molecule has 0 aromatic heterocycles. The van der Waals surface area contributed by atoms with Gasteiger partial charge in [-0.3, -0.25) is 9.59 Å². The minimum atomic E-state index is -0.327. The molecular weight excluding hydrogens is 326 g/mol. The Morgan fingerprint density at radius 3 is 2.29 bits per heavy atom. The van der Waals surface area contributed by atoms with Gasteiger partial charge in [-0.05, 0) is 62.3 Å². The molecule has 0 radical (unpaired) electrons. The smallest absolute Gasteiger partial charge is 0.251 e. The van der Waals surface area contributed by atoms with E-state index in [1.807, 2.05) is 6.92 Å². The molecule has 6 heteroatoms. The minimum Gasteiger partial charge on any atom is -0.345 e. The van der Waals surface area contributed by atoms with Crippen LogP contribution in [0.5, 0.6) is 0 Å². The monoisotopic (exact) mass is 351 g/mol. The predicted octanol–water partition coefficient (Wildman–Crippen LogP) is 2.56. The molecule has 2 aliphatic rings. The summed E-state index contributed by atoms with van der Waals surface area (Å²) >= 11 is 0. The van der Waals surface area contributed by atoms with Crippen LogP contribution in [0.4, 0.5) is 5.69 Å². The molecule has 0 bridgehead atoms. The number of amides is 2. The average Bonchev–Trinajstić information content (AvgIpc) is 3.42. The third-order valence-electron chi connectivity index (χ3n) is 5.16. The van der Waals surface area contributed by atoms with Crippen molar-refractivity contribution < 1.29 is 9.59 Å². The molecule has 0 saturated heterocycles. The van der Waals surface area contributed by atoms with Gasteiger partial charge in [0.2, 0.25) is 5.91 Å². The summed E-state index contributed by atoms with van der Waals surface area (Å²) in [6, 6.07) is 7.03. The van der Waals surface area contributed by atoms with Crippen LogP contribution in [0.15, 0.2) is 24.3 Å². The van der Waals surface area contributed by atoms with E-state index in [1.54, 1.807) is 24.3 Å². The van der Waals surface area contributed by atoms with Gasteiger partial charge in [0.15, 0.2) is 0 Å². The first-order chi connectivity index (χ1) is 10.9. The third kappa shape index (κ3) is 4.08. The Bertz CT molecular complexity index is 615. The van der Waals surface area contributed by atoms with Crippen LogP contribution >= 0.6 is 12.4 Å². The molecule has 2 aliphatic carbocycles. The molecule has 2 amide bonds. The number of halogens is 1. The maximum Gasteiger partial charge on any atom is 0.251 e. The molecule has 4 N–H and O–H groups in total. The topological polar surface area (TPSA) is 84.2 Å². The van der Waals surface area contributed by atoms with Crippen LogP contribution in [0.25, 0.3) is 0 Å². The number of carbonyl (C=O) groups excluding carboxylic acids is 2. The number of anilines is 1. The fourth-order valence-electron chi connectivity index (χ4n) is 3.00. The van der Waals surface area contributed by atoms with Gasteiger partial charge < -0.3 is 16.4 Å². The van der Waals surface area contributed by atoms with E-state index in [0.29, 0.717) is 23.9 Å². The van der Waals surface area contributed by atoms with Crippen LogP contribution in [-0.4, -0.2) is 23.9 Å². The summed E-state index contributed by atoms with van der Waals surface area (Å²) in [4.78, 5) is 24.3. The van der Waals surface area contributed by atoms with Crippen molar-refractivity contribution in [2.75, 3.05) is 11.9 Å². The zero-order valence-electron chi connectivity index (χ0n) is 14.2. The molecular formula is C18H26ClN3O2. The number of nitrogens with one attached hydrogen (secondary N) is 2. The number of hydrogen-bond acceptors (Lipinski definition) is 3. The summed E-state index contributed by atoms with van der Waals surface area (Å²) in [5, 5.41) is 5.96. The van der Waals surface area contributed by atoms with Gasteiger partial charge in [0, 0.05) is 23.7 Å². The summed E-state index contributed by atoms with van der Waals surface area (Å²) in [5.41, 5.74) is 6.83. The number of carbonyl (C=O) groups is 2. The molecule has 0 aliphatic heterocycles. The Kier molecular flexibility index (Phi) is 5.56. The van der Waals surface area contributed by atoms with Gasteiger partial charge in [-0.1, -0.05) is 6.92 Å². The van der Waals surface area contributed by atoms with Crippen molar-refractivity contribution in [2.45, 2.75) is 38.6 Å². The van der Waals surface area contributed by atoms with Gasteiger partial charge in [0.1, 0.15) is 0 Å². The summed E-state index contributed by atoms with van der Waals surface area (Å²) in [6.45, 7) is 4.52. The van der Waals surface area contributed by atoms with E-state index < -0.39 is 0 Å². The van der Waals surface area contributed by atoms with E-state index in [-0.39, 0.29) is 35.7 Å². The van der Waals surface area contributed by atoms with Crippen molar-refractivity contribution in [2.24, 2.45) is 23.5 Å². The molecule has 2 saturated carbocycles. The fraction of sp³-hybridized carbons (Fsp3) is 0.556. The first kappa shape index (κ1) is 18.7. The zero-order valence-corrected chi connectivity index (χ0v) is 15.0. The lowest BCUT2D eigenvalue weighted by atomic mass is 9.95. The van der Waals surface area contributed by atoms with Gasteiger partial charge in [0.25, 0.3) is 5.91 Å². The third-order valence-corrected chi connectivity index (χ3v) is 5.16. The molecule has 0 spiro atoms. The van der Waals surface area contributed by atoms with E-state index in [4.69, 9.17) is 5.73 Å². The lowest BCUT2D eigenvalue weighted by Crippen LogP contribution is -2.53. The largest absolute Gasteiger partial charge is 0.345 e. The van der Waals surface area contributed by atoms with Gasteiger partial charge in [0.05, 0.1) is 5.54 Å². The highest BCUT2D eigenvalue weighted by atomic mass is 35.5. The highest BCUT2D eigenvalue weighted by Crippen LogP contribution is 2.39.